The van der Waals surface area contributed by atoms with Crippen molar-refractivity contribution in [2.75, 3.05) is 0 Å². The summed E-state index contributed by atoms with van der Waals surface area (Å²) in [4.78, 5) is 28.3. The van der Waals surface area contributed by atoms with Crippen molar-refractivity contribution in [1.29, 1.82) is 0 Å². The number of carbonyl (C=O) groups is 2. The monoisotopic (exact) mass is 505 g/mol. The zero-order valence-corrected chi connectivity index (χ0v) is 20.2. The number of nitrogens with zero attached hydrogens (tertiary/aromatic N) is 1. The summed E-state index contributed by atoms with van der Waals surface area (Å²) in [6.07, 6.45) is 7.70. The van der Waals surface area contributed by atoms with E-state index < -0.39 is 11.8 Å². The van der Waals surface area contributed by atoms with Crippen LogP contribution >= 0.6 is 23.4 Å². The van der Waals surface area contributed by atoms with Crippen LogP contribution < -0.4 is 0 Å². The summed E-state index contributed by atoms with van der Waals surface area (Å²) in [6.45, 7) is 0. The average molecular weight is 506 g/mol. The van der Waals surface area contributed by atoms with E-state index in [2.05, 4.69) is 11.1 Å². The first-order valence-corrected chi connectivity index (χ1v) is 12.5. The van der Waals surface area contributed by atoms with E-state index in [1.165, 1.54) is 30.0 Å². The third-order valence-electron chi connectivity index (χ3n) is 6.38. The number of fused-ring (bicyclic) bond motifs is 1. The molecule has 2 aliphatic rings. The van der Waals surface area contributed by atoms with E-state index in [0.29, 0.717) is 17.1 Å². The molecule has 1 aliphatic carbocycles. The molecule has 0 amide bonds. The Morgan fingerprint density at radius 3 is 2.57 bits per heavy atom. The van der Waals surface area contributed by atoms with Gasteiger partial charge in [-0.25, -0.2) is 9.18 Å². The van der Waals surface area contributed by atoms with Crippen molar-refractivity contribution in [3.63, 3.8) is 0 Å². The number of aliphatic carboxylic acids is 1. The molecule has 5 rings (SSSR count). The van der Waals surface area contributed by atoms with Crippen LogP contribution in [0.3, 0.4) is 0 Å². The number of hydrogen-bond acceptors (Lipinski definition) is 4. The van der Waals surface area contributed by atoms with Crippen LogP contribution in [-0.4, -0.2) is 21.2 Å². The molecule has 1 aromatic heterocycles. The zero-order chi connectivity index (χ0) is 24.5. The maximum atomic E-state index is 13.9. The van der Waals surface area contributed by atoms with Gasteiger partial charge in [-0.15, -0.1) is 0 Å². The molecule has 1 fully saturated rings. The Hall–Kier alpha value is -3.22. The van der Waals surface area contributed by atoms with E-state index >= 15 is 0 Å². The molecule has 0 atom stereocenters. The van der Waals surface area contributed by atoms with Gasteiger partial charge in [-0.3, -0.25) is 9.78 Å². The molecule has 1 N–H and O–H groups in total. The van der Waals surface area contributed by atoms with E-state index in [1.54, 1.807) is 18.3 Å². The minimum Gasteiger partial charge on any atom is -0.478 e. The molecular weight excluding hydrogens is 485 g/mol. The quantitative estimate of drug-likeness (QED) is 0.291. The number of halogens is 2. The largest absolute Gasteiger partial charge is 0.478 e. The van der Waals surface area contributed by atoms with Crippen LogP contribution in [0.25, 0.3) is 17.2 Å². The summed E-state index contributed by atoms with van der Waals surface area (Å²) in [5.74, 6) is -1.18. The number of carbonyl (C=O) groups excluding carboxylic acids is 1. The molecule has 3 aromatic rings. The maximum absolute atomic E-state index is 13.9. The second kappa shape index (κ2) is 9.80. The zero-order valence-electron chi connectivity index (χ0n) is 18.6. The number of carboxylic acids is 1. The summed E-state index contributed by atoms with van der Waals surface area (Å²) in [6, 6.07) is 14.2. The summed E-state index contributed by atoms with van der Waals surface area (Å²) in [5, 5.41) is 9.39. The molecule has 0 radical (unpaired) electrons. The molecule has 35 heavy (non-hydrogen) atoms. The van der Waals surface area contributed by atoms with Gasteiger partial charge in [-0.05, 0) is 83.0 Å². The fourth-order valence-electron chi connectivity index (χ4n) is 4.54. The second-order valence-corrected chi connectivity index (χ2v) is 10.2. The SMILES string of the molecule is O=C(O)/C=C/c1ccc(/C(=C(\c2ccc(F)cc2Cl)C2CCC2)c2ccc3c(c2)CC(=O)S3)cn1. The molecule has 0 bridgehead atoms. The van der Waals surface area contributed by atoms with Gasteiger partial charge < -0.3 is 5.11 Å². The summed E-state index contributed by atoms with van der Waals surface area (Å²) in [5.41, 5.74) is 6.06. The number of rotatable bonds is 6. The molecule has 0 unspecified atom stereocenters. The highest BCUT2D eigenvalue weighted by Crippen LogP contribution is 2.47. The summed E-state index contributed by atoms with van der Waals surface area (Å²) in [7, 11) is 0. The van der Waals surface area contributed by atoms with Gasteiger partial charge in [0, 0.05) is 29.2 Å². The third-order valence-corrected chi connectivity index (χ3v) is 7.69. The van der Waals surface area contributed by atoms with Crippen molar-refractivity contribution in [3.8, 4) is 0 Å². The lowest BCUT2D eigenvalue weighted by atomic mass is 9.73. The van der Waals surface area contributed by atoms with Crippen LogP contribution in [0.1, 0.15) is 47.2 Å². The number of carboxylic acid groups (broad SMARTS) is 1. The van der Waals surface area contributed by atoms with Gasteiger partial charge in [0.05, 0.1) is 10.7 Å². The first-order valence-electron chi connectivity index (χ1n) is 11.3. The minimum atomic E-state index is -1.04. The van der Waals surface area contributed by atoms with Gasteiger partial charge in [0.25, 0.3) is 0 Å². The van der Waals surface area contributed by atoms with E-state index in [9.17, 15) is 14.0 Å². The van der Waals surface area contributed by atoms with E-state index in [0.717, 1.165) is 63.6 Å². The standard InChI is InChI=1S/C28H21ClFNO3S/c29-23-14-20(30)6-9-22(23)28(16-2-1-3-16)27(17-5-10-24-19(12-17)13-26(34)35-24)18-4-7-21(31-15-18)8-11-25(32)33/h4-12,14-16H,1-3,13H2,(H,32,33)/b11-8+,28-27-. The predicted molar refractivity (Wildman–Crippen MR) is 137 cm³/mol. The second-order valence-electron chi connectivity index (χ2n) is 8.66. The van der Waals surface area contributed by atoms with Crippen LogP contribution in [0.4, 0.5) is 4.39 Å². The fourth-order valence-corrected chi connectivity index (χ4v) is 5.68. The normalized spacial score (nSPS) is 16.2. The van der Waals surface area contributed by atoms with Gasteiger partial charge in [0.2, 0.25) is 0 Å². The lowest BCUT2D eigenvalue weighted by Crippen LogP contribution is -2.15. The number of hydrogen-bond donors (Lipinski definition) is 1. The van der Waals surface area contributed by atoms with Crippen molar-refractivity contribution in [2.24, 2.45) is 5.92 Å². The number of aromatic nitrogens is 1. The average Bonchev–Trinajstić information content (AvgIpc) is 3.16. The molecule has 2 aromatic carbocycles. The summed E-state index contributed by atoms with van der Waals surface area (Å²) >= 11 is 7.84. The van der Waals surface area contributed by atoms with Crippen molar-refractivity contribution in [3.05, 3.63) is 99.6 Å². The van der Waals surface area contributed by atoms with Crippen LogP contribution in [-0.2, 0) is 16.0 Å². The van der Waals surface area contributed by atoms with Crippen molar-refractivity contribution < 1.29 is 19.1 Å². The Morgan fingerprint density at radius 2 is 1.91 bits per heavy atom. The molecule has 1 aliphatic heterocycles. The highest BCUT2D eigenvalue weighted by molar-refractivity contribution is 8.14. The van der Waals surface area contributed by atoms with Crippen LogP contribution in [0, 0.1) is 11.7 Å². The van der Waals surface area contributed by atoms with E-state index in [1.807, 2.05) is 18.2 Å². The van der Waals surface area contributed by atoms with E-state index in [-0.39, 0.29) is 11.0 Å². The van der Waals surface area contributed by atoms with E-state index in [4.69, 9.17) is 16.7 Å². The Balaban J connectivity index is 1.72. The first kappa shape index (κ1) is 23.5. The molecular formula is C28H21ClFNO3S. The third kappa shape index (κ3) is 4.95. The molecule has 7 heteroatoms. The topological polar surface area (TPSA) is 67.3 Å². The Bertz CT molecular complexity index is 1390. The smallest absolute Gasteiger partial charge is 0.328 e. The number of allylic oxidation sites excluding steroid dienone is 1. The maximum Gasteiger partial charge on any atom is 0.328 e. The molecule has 2 heterocycles. The molecule has 0 saturated heterocycles. The molecule has 4 nitrogen and oxygen atoms in total. The number of pyridine rings is 1. The van der Waals surface area contributed by atoms with Gasteiger partial charge in [-0.2, -0.15) is 0 Å². The number of benzene rings is 2. The Kier molecular flexibility index (Phi) is 6.58. The minimum absolute atomic E-state index is 0.125. The summed E-state index contributed by atoms with van der Waals surface area (Å²) < 4.78 is 13.9. The number of thioether (sulfide) groups is 1. The van der Waals surface area contributed by atoms with Crippen LogP contribution in [0.2, 0.25) is 5.02 Å². The predicted octanol–water partition coefficient (Wildman–Crippen LogP) is 6.91. The van der Waals surface area contributed by atoms with Gasteiger partial charge in [0.1, 0.15) is 5.82 Å². The van der Waals surface area contributed by atoms with Crippen molar-refractivity contribution in [1.82, 2.24) is 4.98 Å². The molecule has 176 valence electrons. The van der Waals surface area contributed by atoms with Crippen molar-refractivity contribution >= 4 is 51.7 Å². The lowest BCUT2D eigenvalue weighted by Gasteiger charge is -2.32. The van der Waals surface area contributed by atoms with Gasteiger partial charge in [0.15, 0.2) is 5.12 Å². The lowest BCUT2D eigenvalue weighted by molar-refractivity contribution is -0.131. The highest BCUT2D eigenvalue weighted by Gasteiger charge is 2.29. The van der Waals surface area contributed by atoms with Gasteiger partial charge in [-0.1, -0.05) is 48.0 Å². The first-order chi connectivity index (χ1) is 16.9. The Labute approximate surface area is 211 Å². The van der Waals surface area contributed by atoms with Crippen molar-refractivity contribution in [2.45, 2.75) is 30.6 Å². The van der Waals surface area contributed by atoms with Gasteiger partial charge >= 0.3 is 5.97 Å². The molecule has 1 saturated carbocycles. The Morgan fingerprint density at radius 1 is 1.11 bits per heavy atom. The molecule has 0 spiro atoms. The fraction of sp³-hybridized carbons (Fsp3) is 0.179. The van der Waals surface area contributed by atoms with Crippen LogP contribution in [0.15, 0.2) is 65.7 Å². The highest BCUT2D eigenvalue weighted by atomic mass is 35.5. The van der Waals surface area contributed by atoms with Crippen LogP contribution in [0.5, 0.6) is 0 Å².